The fourth-order valence-electron chi connectivity index (χ4n) is 4.41. The van der Waals surface area contributed by atoms with Crippen LogP contribution in [0.2, 0.25) is 0 Å². The van der Waals surface area contributed by atoms with Gasteiger partial charge in [-0.05, 0) is 55.2 Å². The van der Waals surface area contributed by atoms with Crippen LogP contribution in [0.25, 0.3) is 16.7 Å². The lowest BCUT2D eigenvalue weighted by atomic mass is 9.92. The highest BCUT2D eigenvalue weighted by Gasteiger charge is 2.24. The Morgan fingerprint density at radius 1 is 1.16 bits per heavy atom. The molecule has 0 spiro atoms. The molecule has 4 aromatic rings. The van der Waals surface area contributed by atoms with Gasteiger partial charge in [0.25, 0.3) is 0 Å². The van der Waals surface area contributed by atoms with Gasteiger partial charge in [-0.2, -0.15) is 0 Å². The number of benzene rings is 1. The van der Waals surface area contributed by atoms with Crippen molar-refractivity contribution in [3.63, 3.8) is 0 Å². The molecule has 0 aliphatic carbocycles. The van der Waals surface area contributed by atoms with Gasteiger partial charge in [0.15, 0.2) is 5.78 Å². The molecule has 1 aromatic carbocycles. The van der Waals surface area contributed by atoms with Crippen LogP contribution in [0.15, 0.2) is 67.4 Å². The minimum atomic E-state index is 0.243. The third-order valence-electron chi connectivity index (χ3n) is 5.91. The van der Waals surface area contributed by atoms with E-state index in [1.807, 2.05) is 48.9 Å². The zero-order valence-electron chi connectivity index (χ0n) is 17.4. The predicted octanol–water partition coefficient (Wildman–Crippen LogP) is 4.04. The molecule has 0 bridgehead atoms. The van der Waals surface area contributed by atoms with Crippen LogP contribution in [0.3, 0.4) is 0 Å². The van der Waals surface area contributed by atoms with Crippen LogP contribution in [-0.2, 0) is 4.79 Å². The largest absolute Gasteiger partial charge is 0.378 e. The number of hydrogen-bond acceptors (Lipinski definition) is 5. The second kappa shape index (κ2) is 8.63. The number of carbonyl (C=O) groups excluding carboxylic acids is 1. The van der Waals surface area contributed by atoms with E-state index in [1.165, 1.54) is 0 Å². The number of aromatic nitrogens is 4. The zero-order valence-corrected chi connectivity index (χ0v) is 17.4. The van der Waals surface area contributed by atoms with Crippen LogP contribution in [-0.4, -0.2) is 44.9 Å². The summed E-state index contributed by atoms with van der Waals surface area (Å²) in [7, 11) is 0. The van der Waals surface area contributed by atoms with Crippen LogP contribution in [0.5, 0.6) is 0 Å². The molecule has 4 heterocycles. The van der Waals surface area contributed by atoms with E-state index in [2.05, 4.69) is 41.9 Å². The maximum Gasteiger partial charge on any atom is 0.152 e. The van der Waals surface area contributed by atoms with E-state index in [-0.39, 0.29) is 5.78 Å². The van der Waals surface area contributed by atoms with E-state index in [0.717, 1.165) is 54.2 Å². The number of hydrogen-bond donors (Lipinski definition) is 2. The smallest absolute Gasteiger partial charge is 0.152 e. The lowest BCUT2D eigenvalue weighted by molar-refractivity contribution is -0.118. The molecule has 1 fully saturated rings. The van der Waals surface area contributed by atoms with Crippen molar-refractivity contribution in [3.05, 3.63) is 67.4 Å². The number of nitrogens with zero attached hydrogens (tertiary/aromatic N) is 4. The fourth-order valence-corrected chi connectivity index (χ4v) is 4.41. The van der Waals surface area contributed by atoms with Crippen molar-refractivity contribution in [1.82, 2.24) is 19.5 Å². The highest BCUT2D eigenvalue weighted by atomic mass is 16.1. The average Bonchev–Trinajstić information content (AvgIpc) is 3.50. The Balaban J connectivity index is 1.18. The number of fused-ring (bicyclic) bond motifs is 1. The number of carbonyl (C=O) groups is 1. The van der Waals surface area contributed by atoms with Crippen LogP contribution >= 0.6 is 0 Å². The topological polar surface area (TPSA) is 78.8 Å². The molecular formula is C24H26N6O. The minimum Gasteiger partial charge on any atom is -0.378 e. The summed E-state index contributed by atoms with van der Waals surface area (Å²) in [4.78, 5) is 26.9. The summed E-state index contributed by atoms with van der Waals surface area (Å²) in [6.07, 6.45) is 10.3. The molecule has 1 saturated heterocycles. The van der Waals surface area contributed by atoms with Crippen molar-refractivity contribution in [1.29, 1.82) is 0 Å². The highest BCUT2D eigenvalue weighted by molar-refractivity contribution is 5.87. The maximum atomic E-state index is 12.7. The number of rotatable bonds is 7. The second-order valence-corrected chi connectivity index (χ2v) is 8.13. The number of nitrogens with one attached hydrogen (secondary N) is 2. The third kappa shape index (κ3) is 4.30. The summed E-state index contributed by atoms with van der Waals surface area (Å²) >= 11 is 0. The van der Waals surface area contributed by atoms with E-state index in [0.29, 0.717) is 18.9 Å². The molecular weight excluding hydrogens is 388 g/mol. The van der Waals surface area contributed by atoms with Crippen LogP contribution in [0.1, 0.15) is 19.3 Å². The number of anilines is 2. The summed E-state index contributed by atoms with van der Waals surface area (Å²) in [6.45, 7) is 2.17. The number of H-pyrrole nitrogens is 1. The molecule has 2 N–H and O–H groups in total. The van der Waals surface area contributed by atoms with Gasteiger partial charge in [0.05, 0.1) is 11.9 Å². The normalized spacial score (nSPS) is 16.5. The van der Waals surface area contributed by atoms with Crippen molar-refractivity contribution >= 4 is 28.3 Å². The number of ketones is 1. The Morgan fingerprint density at radius 3 is 2.97 bits per heavy atom. The van der Waals surface area contributed by atoms with Gasteiger partial charge >= 0.3 is 0 Å². The molecule has 31 heavy (non-hydrogen) atoms. The summed E-state index contributed by atoms with van der Waals surface area (Å²) in [6, 6.07) is 14.1. The number of aromatic amines is 1. The van der Waals surface area contributed by atoms with Crippen molar-refractivity contribution in [2.75, 3.05) is 29.9 Å². The molecule has 5 rings (SSSR count). The first-order chi connectivity index (χ1) is 15.3. The Kier molecular flexibility index (Phi) is 5.39. The van der Waals surface area contributed by atoms with Crippen LogP contribution in [0.4, 0.5) is 11.5 Å². The Bertz CT molecular complexity index is 1170. The van der Waals surface area contributed by atoms with Gasteiger partial charge in [-0.3, -0.25) is 4.79 Å². The summed E-state index contributed by atoms with van der Waals surface area (Å²) < 4.78 is 2.05. The van der Waals surface area contributed by atoms with Gasteiger partial charge < -0.3 is 19.8 Å². The van der Waals surface area contributed by atoms with Gasteiger partial charge in [0, 0.05) is 49.5 Å². The molecule has 1 aliphatic rings. The average molecular weight is 415 g/mol. The molecule has 1 aliphatic heterocycles. The number of piperidine rings is 1. The molecule has 1 atom stereocenters. The molecule has 3 aromatic heterocycles. The fraction of sp³-hybridized carbons (Fsp3) is 0.292. The molecule has 7 nitrogen and oxygen atoms in total. The standard InChI is InChI=1S/C24H26N6O/c31-21(15-26-19-6-3-7-20(14-19)29-10-1-2-11-29)13-18-5-4-12-30(16-18)24-22-8-9-25-23(22)27-17-28-24/h1-3,6-11,14,17-18,26H,4-5,12-13,15-16H2,(H,25,27,28)/t18-/m0/s1. The molecule has 7 heteroatoms. The SMILES string of the molecule is O=C(CNc1cccc(-n2cccc2)c1)C[C@@H]1CCCN(c2ncnc3[nH]ccc23)C1. The summed E-state index contributed by atoms with van der Waals surface area (Å²) in [5.41, 5.74) is 2.89. The quantitative estimate of drug-likeness (QED) is 0.477. The van der Waals surface area contributed by atoms with Crippen molar-refractivity contribution < 1.29 is 4.79 Å². The second-order valence-electron chi connectivity index (χ2n) is 8.13. The van der Waals surface area contributed by atoms with Crippen molar-refractivity contribution in [3.8, 4) is 5.69 Å². The van der Waals surface area contributed by atoms with Gasteiger partial charge in [0.1, 0.15) is 17.8 Å². The third-order valence-corrected chi connectivity index (χ3v) is 5.91. The first-order valence-electron chi connectivity index (χ1n) is 10.8. The van der Waals surface area contributed by atoms with Gasteiger partial charge in [-0.1, -0.05) is 6.07 Å². The Labute approximate surface area is 181 Å². The maximum absolute atomic E-state index is 12.7. The predicted molar refractivity (Wildman–Crippen MR) is 123 cm³/mol. The van der Waals surface area contributed by atoms with E-state index in [1.54, 1.807) is 6.33 Å². The Morgan fingerprint density at radius 2 is 2.06 bits per heavy atom. The Hall–Kier alpha value is -3.61. The minimum absolute atomic E-state index is 0.243. The van der Waals surface area contributed by atoms with E-state index in [9.17, 15) is 4.79 Å². The molecule has 0 radical (unpaired) electrons. The van der Waals surface area contributed by atoms with Crippen LogP contribution < -0.4 is 10.2 Å². The summed E-state index contributed by atoms with van der Waals surface area (Å²) in [5, 5.41) is 4.34. The van der Waals surface area contributed by atoms with E-state index in [4.69, 9.17) is 0 Å². The van der Waals surface area contributed by atoms with Crippen LogP contribution in [0, 0.1) is 5.92 Å². The van der Waals surface area contributed by atoms with Gasteiger partial charge in [-0.15, -0.1) is 0 Å². The lowest BCUT2D eigenvalue weighted by Gasteiger charge is -2.33. The van der Waals surface area contributed by atoms with Crippen molar-refractivity contribution in [2.45, 2.75) is 19.3 Å². The van der Waals surface area contributed by atoms with E-state index >= 15 is 0 Å². The van der Waals surface area contributed by atoms with Gasteiger partial charge in [-0.25, -0.2) is 9.97 Å². The first-order valence-corrected chi connectivity index (χ1v) is 10.8. The van der Waals surface area contributed by atoms with Crippen molar-refractivity contribution in [2.24, 2.45) is 5.92 Å². The lowest BCUT2D eigenvalue weighted by Crippen LogP contribution is -2.37. The van der Waals surface area contributed by atoms with Gasteiger partial charge in [0.2, 0.25) is 0 Å². The monoisotopic (exact) mass is 414 g/mol. The molecule has 158 valence electrons. The first kappa shape index (κ1) is 19.4. The number of Topliss-reactive ketones (excluding diaryl/α,β-unsaturated/α-hetero) is 1. The molecule has 0 amide bonds. The summed E-state index contributed by atoms with van der Waals surface area (Å²) in [5.74, 6) is 1.55. The van der Waals surface area contributed by atoms with E-state index < -0.39 is 0 Å². The highest BCUT2D eigenvalue weighted by Crippen LogP contribution is 2.28. The molecule has 0 saturated carbocycles. The molecule has 0 unspecified atom stereocenters. The zero-order chi connectivity index (χ0) is 21.0.